The number of carboxylic acids is 1. The Kier molecular flexibility index (Phi) is 8.63. The van der Waals surface area contributed by atoms with Crippen LogP contribution in [0.2, 0.25) is 0 Å². The Labute approximate surface area is 238 Å². The van der Waals surface area contributed by atoms with Gasteiger partial charge in [-0.25, -0.2) is 9.78 Å². The molecule has 4 aromatic rings. The number of nitrogen functional groups attached to an aromatic ring is 1. The van der Waals surface area contributed by atoms with Crippen LogP contribution in [-0.4, -0.2) is 76.2 Å². The zero-order valence-electron chi connectivity index (χ0n) is 22.2. The highest BCUT2D eigenvalue weighted by Gasteiger charge is 2.38. The van der Waals surface area contributed by atoms with E-state index in [1.165, 1.54) is 18.4 Å². The molecule has 43 heavy (non-hydrogen) atoms. The first-order valence-corrected chi connectivity index (χ1v) is 12.4. The average Bonchev–Trinajstić information content (AvgIpc) is 3.50. The van der Waals surface area contributed by atoms with Crippen LogP contribution in [0.25, 0.3) is 22.3 Å². The lowest BCUT2D eigenvalue weighted by Crippen LogP contribution is -2.49. The van der Waals surface area contributed by atoms with Crippen molar-refractivity contribution in [2.45, 2.75) is 12.4 Å². The maximum Gasteiger partial charge on any atom is 0.490 e. The van der Waals surface area contributed by atoms with Crippen LogP contribution in [0.4, 0.5) is 43.8 Å². The summed E-state index contributed by atoms with van der Waals surface area (Å²) in [6, 6.07) is 10.4. The first kappa shape index (κ1) is 30.9. The first-order valence-electron chi connectivity index (χ1n) is 12.4. The zero-order valence-corrected chi connectivity index (χ0v) is 22.2. The molecule has 17 heteroatoms. The van der Waals surface area contributed by atoms with E-state index in [1.54, 1.807) is 36.2 Å². The van der Waals surface area contributed by atoms with Crippen molar-refractivity contribution in [3.63, 3.8) is 0 Å². The molecular weight excluding hydrogens is 588 g/mol. The molecule has 4 N–H and O–H groups in total. The molecule has 3 aromatic heterocycles. The summed E-state index contributed by atoms with van der Waals surface area (Å²) < 4.78 is 79.3. The van der Waals surface area contributed by atoms with E-state index in [0.29, 0.717) is 43.1 Å². The Hall–Kier alpha value is -5.09. The number of hydrogen-bond acceptors (Lipinski definition) is 9. The number of rotatable bonds is 4. The number of furan rings is 1. The number of nitrogens with zero attached hydrogens (tertiary/aromatic N) is 5. The van der Waals surface area contributed by atoms with Gasteiger partial charge in [0, 0.05) is 44.5 Å². The highest BCUT2D eigenvalue weighted by molar-refractivity contribution is 5.92. The number of nitrogens with one attached hydrogen (secondary N) is 1. The number of fused-ring (bicyclic) bond motifs is 1. The minimum atomic E-state index is -5.08. The Bertz CT molecular complexity index is 1620. The molecule has 1 aromatic carbocycles. The normalized spacial score (nSPS) is 13.8. The molecule has 1 aliphatic rings. The number of piperazine rings is 1. The number of hydrogen-bond donors (Lipinski definition) is 3. The lowest BCUT2D eigenvalue weighted by Gasteiger charge is -2.37. The van der Waals surface area contributed by atoms with E-state index in [4.69, 9.17) is 20.1 Å². The van der Waals surface area contributed by atoms with Crippen molar-refractivity contribution in [3.05, 3.63) is 60.1 Å². The monoisotopic (exact) mass is 611 g/mol. The minimum absolute atomic E-state index is 0.0434. The summed E-state index contributed by atoms with van der Waals surface area (Å²) in [6.07, 6.45) is -8.27. The second-order valence-electron chi connectivity index (χ2n) is 9.00. The van der Waals surface area contributed by atoms with Crippen molar-refractivity contribution in [2.75, 3.05) is 49.2 Å². The third kappa shape index (κ3) is 6.87. The molecular formula is C26H23F6N7O4. The molecule has 1 amide bonds. The van der Waals surface area contributed by atoms with E-state index >= 15 is 0 Å². The Morgan fingerprint density at radius 1 is 0.953 bits per heavy atom. The van der Waals surface area contributed by atoms with Gasteiger partial charge in [-0.05, 0) is 36.4 Å². The van der Waals surface area contributed by atoms with Crippen LogP contribution >= 0.6 is 0 Å². The number of nitrogens with two attached hydrogens (primary N) is 1. The molecule has 0 bridgehead atoms. The molecule has 228 valence electrons. The Balaban J connectivity index is 0.000000541. The SMILES string of the molecule is CNc1nc(N)nc2nc(-c3c(N4CCN(C(=O)c5ccco5)CC4)cccc3C(F)(F)F)ccc12.O=C(O)C(F)(F)F. The van der Waals surface area contributed by atoms with Gasteiger partial charge in [-0.3, -0.25) is 4.79 Å². The highest BCUT2D eigenvalue weighted by Crippen LogP contribution is 2.42. The van der Waals surface area contributed by atoms with Gasteiger partial charge < -0.3 is 30.4 Å². The quantitative estimate of drug-likeness (QED) is 0.281. The summed E-state index contributed by atoms with van der Waals surface area (Å²) in [5.41, 5.74) is 5.58. The molecule has 0 unspecified atom stereocenters. The predicted molar refractivity (Wildman–Crippen MR) is 142 cm³/mol. The van der Waals surface area contributed by atoms with Crippen LogP contribution in [0.15, 0.2) is 53.1 Å². The molecule has 1 aliphatic heterocycles. The van der Waals surface area contributed by atoms with E-state index in [1.807, 2.05) is 4.90 Å². The lowest BCUT2D eigenvalue weighted by atomic mass is 9.99. The predicted octanol–water partition coefficient (Wildman–Crippen LogP) is 4.52. The smallest absolute Gasteiger partial charge is 0.475 e. The average molecular weight is 612 g/mol. The van der Waals surface area contributed by atoms with Gasteiger partial charge >= 0.3 is 18.3 Å². The molecule has 1 saturated heterocycles. The van der Waals surface area contributed by atoms with Crippen LogP contribution in [0.1, 0.15) is 16.1 Å². The molecule has 1 fully saturated rings. The van der Waals surface area contributed by atoms with Gasteiger partial charge in [-0.2, -0.15) is 36.3 Å². The molecule has 0 aliphatic carbocycles. The summed E-state index contributed by atoms with van der Waals surface area (Å²) in [7, 11) is 1.66. The number of carboxylic acid groups (broad SMARTS) is 1. The number of carbonyl (C=O) groups is 2. The number of aromatic nitrogens is 3. The standard InChI is InChI=1S/C24H22F3N7O2.C2HF3O2/c1-29-20-14-7-8-16(30-21(14)32-23(28)31-20)19-15(24(25,26)27)4-2-5-17(19)33-9-11-34(12-10-33)22(35)18-6-3-13-36-18;3-2(4,5)1(6)7/h2-8,13H,9-12H2,1H3,(H3,28,29,30,31,32);(H,6,7). The van der Waals surface area contributed by atoms with E-state index in [0.717, 1.165) is 6.07 Å². The van der Waals surface area contributed by atoms with Crippen LogP contribution in [-0.2, 0) is 11.0 Å². The van der Waals surface area contributed by atoms with Gasteiger partial charge in [0.25, 0.3) is 5.91 Å². The summed E-state index contributed by atoms with van der Waals surface area (Å²) in [6.45, 7) is 1.34. The van der Waals surface area contributed by atoms with Crippen LogP contribution in [0.3, 0.4) is 0 Å². The number of amides is 1. The number of pyridine rings is 1. The van der Waals surface area contributed by atoms with Crippen molar-refractivity contribution in [2.24, 2.45) is 0 Å². The van der Waals surface area contributed by atoms with Crippen molar-refractivity contribution < 1.29 is 45.5 Å². The van der Waals surface area contributed by atoms with Gasteiger partial charge in [0.1, 0.15) is 5.82 Å². The number of carbonyl (C=O) groups excluding carboxylic acids is 1. The Morgan fingerprint density at radius 2 is 1.63 bits per heavy atom. The maximum absolute atomic E-state index is 14.1. The topological polar surface area (TPSA) is 151 Å². The van der Waals surface area contributed by atoms with Crippen molar-refractivity contribution in [1.82, 2.24) is 19.9 Å². The van der Waals surface area contributed by atoms with Crippen LogP contribution in [0, 0.1) is 0 Å². The summed E-state index contributed by atoms with van der Waals surface area (Å²) in [5, 5.41) is 10.6. The number of alkyl halides is 6. The molecule has 0 radical (unpaired) electrons. The number of benzene rings is 1. The number of aliphatic carboxylic acids is 1. The van der Waals surface area contributed by atoms with Crippen molar-refractivity contribution in [3.8, 4) is 11.3 Å². The van der Waals surface area contributed by atoms with E-state index < -0.39 is 23.9 Å². The minimum Gasteiger partial charge on any atom is -0.475 e. The molecule has 0 spiro atoms. The fraction of sp³-hybridized carbons (Fsp3) is 0.269. The lowest BCUT2D eigenvalue weighted by molar-refractivity contribution is -0.192. The first-order chi connectivity index (χ1) is 20.2. The van der Waals surface area contributed by atoms with E-state index in [9.17, 15) is 31.1 Å². The second kappa shape index (κ2) is 12.0. The third-order valence-electron chi connectivity index (χ3n) is 6.30. The molecule has 0 saturated carbocycles. The maximum atomic E-state index is 14.1. The van der Waals surface area contributed by atoms with Crippen LogP contribution < -0.4 is 16.0 Å². The van der Waals surface area contributed by atoms with Gasteiger partial charge in [-0.15, -0.1) is 0 Å². The molecule has 4 heterocycles. The molecule has 11 nitrogen and oxygen atoms in total. The molecule has 0 atom stereocenters. The van der Waals surface area contributed by atoms with E-state index in [-0.39, 0.29) is 34.5 Å². The summed E-state index contributed by atoms with van der Waals surface area (Å²) >= 11 is 0. The van der Waals surface area contributed by atoms with Gasteiger partial charge in [0.2, 0.25) is 5.95 Å². The van der Waals surface area contributed by atoms with Gasteiger partial charge in [0.05, 0.1) is 22.9 Å². The highest BCUT2D eigenvalue weighted by atomic mass is 19.4. The van der Waals surface area contributed by atoms with Crippen molar-refractivity contribution in [1.29, 1.82) is 0 Å². The fourth-order valence-electron chi connectivity index (χ4n) is 4.37. The largest absolute Gasteiger partial charge is 0.490 e. The van der Waals surface area contributed by atoms with Crippen molar-refractivity contribution >= 4 is 40.4 Å². The summed E-state index contributed by atoms with van der Waals surface area (Å²) in [5.74, 6) is -2.40. The number of anilines is 3. The second-order valence-corrected chi connectivity index (χ2v) is 9.00. The third-order valence-corrected chi connectivity index (χ3v) is 6.30. The van der Waals surface area contributed by atoms with Crippen LogP contribution in [0.5, 0.6) is 0 Å². The number of halogens is 6. The fourth-order valence-corrected chi connectivity index (χ4v) is 4.37. The summed E-state index contributed by atoms with van der Waals surface area (Å²) in [4.78, 5) is 37.6. The van der Waals surface area contributed by atoms with E-state index in [2.05, 4.69) is 20.3 Å². The van der Waals surface area contributed by atoms with Gasteiger partial charge in [0.15, 0.2) is 11.4 Å². The molecule has 5 rings (SSSR count). The Morgan fingerprint density at radius 3 is 2.19 bits per heavy atom. The van der Waals surface area contributed by atoms with Gasteiger partial charge in [-0.1, -0.05) is 6.07 Å². The zero-order chi connectivity index (χ0) is 31.5.